The molecule has 2 aromatic carbocycles. The topological polar surface area (TPSA) is 135 Å². The molecule has 0 saturated carbocycles. The van der Waals surface area contributed by atoms with Crippen LogP contribution in [-0.2, 0) is 4.74 Å². The van der Waals surface area contributed by atoms with E-state index in [9.17, 15) is 25.2 Å². The van der Waals surface area contributed by atoms with Crippen LogP contribution in [-0.4, -0.2) is 77.2 Å². The minimum absolute atomic E-state index is 0.0918. The molecule has 6 atom stereocenters. The first-order chi connectivity index (χ1) is 14.9. The minimum atomic E-state index is -1.54. The summed E-state index contributed by atoms with van der Waals surface area (Å²) >= 11 is 0. The monoisotopic (exact) mass is 432 g/mol. The number of Topliss-reactive ketones (excluding diaryl/α,β-unsaturated/α-hetero) is 1. The number of methoxy groups -OCH3 is 1. The van der Waals surface area contributed by atoms with Crippen LogP contribution < -0.4 is 14.2 Å². The molecule has 2 aliphatic heterocycles. The van der Waals surface area contributed by atoms with E-state index in [1.54, 1.807) is 25.3 Å². The number of rotatable bonds is 5. The maximum atomic E-state index is 13.0. The summed E-state index contributed by atoms with van der Waals surface area (Å²) < 4.78 is 21.9. The highest BCUT2D eigenvalue weighted by Gasteiger charge is 2.44. The lowest BCUT2D eigenvalue weighted by molar-refractivity contribution is -0.277. The summed E-state index contributed by atoms with van der Waals surface area (Å²) in [6.07, 6.45) is -6.95. The van der Waals surface area contributed by atoms with Crippen molar-refractivity contribution in [2.75, 3.05) is 20.3 Å². The van der Waals surface area contributed by atoms with Gasteiger partial charge in [0.1, 0.15) is 48.3 Å². The molecule has 9 heteroatoms. The first kappa shape index (κ1) is 21.5. The molecular weight excluding hydrogens is 408 g/mol. The van der Waals surface area contributed by atoms with E-state index in [1.807, 2.05) is 12.1 Å². The molecule has 31 heavy (non-hydrogen) atoms. The Morgan fingerprint density at radius 3 is 2.39 bits per heavy atom. The van der Waals surface area contributed by atoms with Crippen LogP contribution in [0.4, 0.5) is 0 Å². The van der Waals surface area contributed by atoms with Crippen molar-refractivity contribution >= 4 is 5.78 Å². The van der Waals surface area contributed by atoms with Crippen LogP contribution >= 0.6 is 0 Å². The van der Waals surface area contributed by atoms with Crippen molar-refractivity contribution < 1.29 is 44.2 Å². The van der Waals surface area contributed by atoms with Gasteiger partial charge in [0.05, 0.1) is 25.2 Å². The fraction of sp³-hybridized carbons (Fsp3) is 0.409. The number of carbonyl (C=O) groups excluding carboxylic acids is 1. The molecule has 166 valence electrons. The molecule has 1 saturated heterocycles. The molecule has 0 unspecified atom stereocenters. The number of ether oxygens (including phenoxy) is 4. The van der Waals surface area contributed by atoms with Crippen LogP contribution in [0.25, 0.3) is 0 Å². The zero-order chi connectivity index (χ0) is 22.1. The van der Waals surface area contributed by atoms with Crippen molar-refractivity contribution in [1.82, 2.24) is 0 Å². The van der Waals surface area contributed by atoms with Gasteiger partial charge in [-0.25, -0.2) is 0 Å². The summed E-state index contributed by atoms with van der Waals surface area (Å²) in [7, 11) is 1.57. The third-order valence-corrected chi connectivity index (χ3v) is 5.56. The SMILES string of the molecule is COc1ccc([C@@H]2COc3cc(O[C@@H]4O[C@@H](CO)[C@@H](O)[C@H](O)[C@H]4O)ccc3C2=O)cc1. The number of ketones is 1. The molecule has 0 bridgehead atoms. The molecule has 0 radical (unpaired) electrons. The van der Waals surface area contributed by atoms with E-state index < -0.39 is 43.2 Å². The van der Waals surface area contributed by atoms with E-state index >= 15 is 0 Å². The Morgan fingerprint density at radius 1 is 1.00 bits per heavy atom. The fourth-order valence-corrected chi connectivity index (χ4v) is 3.72. The average molecular weight is 432 g/mol. The summed E-state index contributed by atoms with van der Waals surface area (Å²) in [4.78, 5) is 13.0. The van der Waals surface area contributed by atoms with Gasteiger partial charge in [0.2, 0.25) is 6.29 Å². The molecule has 2 heterocycles. The lowest BCUT2D eigenvalue weighted by Crippen LogP contribution is -2.60. The fourth-order valence-electron chi connectivity index (χ4n) is 3.72. The number of benzene rings is 2. The quantitative estimate of drug-likeness (QED) is 0.524. The van der Waals surface area contributed by atoms with Crippen molar-refractivity contribution in [3.63, 3.8) is 0 Å². The molecule has 2 aliphatic rings. The van der Waals surface area contributed by atoms with Gasteiger partial charge >= 0.3 is 0 Å². The predicted molar refractivity (Wildman–Crippen MR) is 106 cm³/mol. The largest absolute Gasteiger partial charge is 0.497 e. The van der Waals surface area contributed by atoms with Crippen molar-refractivity contribution in [1.29, 1.82) is 0 Å². The summed E-state index contributed by atoms with van der Waals surface area (Å²) in [6, 6.07) is 11.8. The first-order valence-corrected chi connectivity index (χ1v) is 9.85. The van der Waals surface area contributed by atoms with Crippen molar-refractivity contribution in [3.05, 3.63) is 53.6 Å². The van der Waals surface area contributed by atoms with Crippen LogP contribution in [0.3, 0.4) is 0 Å². The molecule has 9 nitrogen and oxygen atoms in total. The van der Waals surface area contributed by atoms with Gasteiger partial charge in [0, 0.05) is 6.07 Å². The number of hydrogen-bond donors (Lipinski definition) is 4. The van der Waals surface area contributed by atoms with Gasteiger partial charge in [-0.3, -0.25) is 4.79 Å². The highest BCUT2D eigenvalue weighted by molar-refractivity contribution is 6.04. The van der Waals surface area contributed by atoms with Gasteiger partial charge in [0.15, 0.2) is 5.78 Å². The Hall–Kier alpha value is -2.69. The Balaban J connectivity index is 1.50. The lowest BCUT2D eigenvalue weighted by atomic mass is 9.89. The normalized spacial score (nSPS) is 30.3. The second kappa shape index (κ2) is 8.81. The van der Waals surface area contributed by atoms with Crippen LogP contribution in [0.1, 0.15) is 21.8 Å². The molecular formula is C22H24O9. The van der Waals surface area contributed by atoms with Crippen LogP contribution in [0.15, 0.2) is 42.5 Å². The molecule has 0 spiro atoms. The van der Waals surface area contributed by atoms with E-state index in [4.69, 9.17) is 18.9 Å². The number of aliphatic hydroxyl groups excluding tert-OH is 4. The molecule has 0 amide bonds. The van der Waals surface area contributed by atoms with E-state index in [-0.39, 0.29) is 18.1 Å². The van der Waals surface area contributed by atoms with Gasteiger partial charge in [0.25, 0.3) is 0 Å². The highest BCUT2D eigenvalue weighted by atomic mass is 16.7. The minimum Gasteiger partial charge on any atom is -0.497 e. The number of aliphatic hydroxyl groups is 4. The predicted octanol–water partition coefficient (Wildman–Crippen LogP) is 0.233. The van der Waals surface area contributed by atoms with E-state index in [1.165, 1.54) is 12.1 Å². The van der Waals surface area contributed by atoms with Gasteiger partial charge in [-0.2, -0.15) is 0 Å². The first-order valence-electron chi connectivity index (χ1n) is 9.85. The Bertz CT molecular complexity index is 927. The maximum absolute atomic E-state index is 13.0. The standard InChI is InChI=1S/C22H24O9/c1-28-12-4-2-11(3-5-12)15-10-29-16-8-13(6-7-14(16)18(15)24)30-22-21(27)20(26)19(25)17(9-23)31-22/h2-8,15,17,19-23,25-27H,9-10H2,1H3/t15-,17-,19+,20-,21+,22+/m0/s1. The lowest BCUT2D eigenvalue weighted by Gasteiger charge is -2.39. The van der Waals surface area contributed by atoms with Gasteiger partial charge in [-0.15, -0.1) is 0 Å². The van der Waals surface area contributed by atoms with Gasteiger partial charge in [-0.1, -0.05) is 12.1 Å². The molecule has 0 aliphatic carbocycles. The third-order valence-electron chi connectivity index (χ3n) is 5.56. The maximum Gasteiger partial charge on any atom is 0.229 e. The smallest absolute Gasteiger partial charge is 0.229 e. The third kappa shape index (κ3) is 4.10. The zero-order valence-corrected chi connectivity index (χ0v) is 16.7. The average Bonchev–Trinajstić information content (AvgIpc) is 2.80. The summed E-state index contributed by atoms with van der Waals surface area (Å²) in [6.45, 7) is -0.402. The summed E-state index contributed by atoms with van der Waals surface area (Å²) in [5.74, 6) is 0.723. The van der Waals surface area contributed by atoms with E-state index in [2.05, 4.69) is 0 Å². The van der Waals surface area contributed by atoms with Crippen molar-refractivity contribution in [2.45, 2.75) is 36.6 Å². The second-order valence-corrected chi connectivity index (χ2v) is 7.47. The Morgan fingerprint density at radius 2 is 1.71 bits per heavy atom. The van der Waals surface area contributed by atoms with Crippen LogP contribution in [0.2, 0.25) is 0 Å². The van der Waals surface area contributed by atoms with Crippen LogP contribution in [0, 0.1) is 0 Å². The van der Waals surface area contributed by atoms with Crippen molar-refractivity contribution in [3.8, 4) is 17.2 Å². The number of hydrogen-bond acceptors (Lipinski definition) is 9. The van der Waals surface area contributed by atoms with Gasteiger partial charge in [-0.05, 0) is 29.8 Å². The van der Waals surface area contributed by atoms with Gasteiger partial charge < -0.3 is 39.4 Å². The number of carbonyl (C=O) groups is 1. The Kier molecular flexibility index (Phi) is 6.12. The molecule has 0 aromatic heterocycles. The summed E-state index contributed by atoms with van der Waals surface area (Å²) in [5.41, 5.74) is 1.21. The summed E-state index contributed by atoms with van der Waals surface area (Å²) in [5, 5.41) is 39.2. The van der Waals surface area contributed by atoms with Crippen LogP contribution in [0.5, 0.6) is 17.2 Å². The highest BCUT2D eigenvalue weighted by Crippen LogP contribution is 2.36. The Labute approximate surface area is 178 Å². The van der Waals surface area contributed by atoms with Crippen molar-refractivity contribution in [2.24, 2.45) is 0 Å². The molecule has 2 aromatic rings. The number of fused-ring (bicyclic) bond motifs is 1. The second-order valence-electron chi connectivity index (χ2n) is 7.47. The molecule has 4 rings (SSSR count). The zero-order valence-electron chi connectivity index (χ0n) is 16.7. The molecule has 1 fully saturated rings. The molecule has 4 N–H and O–H groups in total. The van der Waals surface area contributed by atoms with E-state index in [0.717, 1.165) is 5.56 Å². The van der Waals surface area contributed by atoms with E-state index in [0.29, 0.717) is 17.1 Å².